The highest BCUT2D eigenvalue weighted by molar-refractivity contribution is 9.10. The first-order chi connectivity index (χ1) is 9.51. The molecule has 1 atom stereocenters. The summed E-state index contributed by atoms with van der Waals surface area (Å²) in [6.45, 7) is 1.96. The fraction of sp³-hybridized carbons (Fsp3) is 0.200. The quantitative estimate of drug-likeness (QED) is 0.799. The van der Waals surface area contributed by atoms with Gasteiger partial charge >= 0.3 is 0 Å². The smallest absolute Gasteiger partial charge is 0.166 e. The molecule has 0 aromatic heterocycles. The Morgan fingerprint density at radius 2 is 1.90 bits per heavy atom. The molecule has 0 spiro atoms. The Hall–Kier alpha value is -1.10. The third kappa shape index (κ3) is 3.51. The van der Waals surface area contributed by atoms with Gasteiger partial charge in [-0.3, -0.25) is 0 Å². The number of nitrogens with one attached hydrogen (secondary N) is 1. The Bertz CT molecular complexity index is 621. The van der Waals surface area contributed by atoms with Gasteiger partial charge in [-0.05, 0) is 65.8 Å². The minimum absolute atomic E-state index is 0.0841. The summed E-state index contributed by atoms with van der Waals surface area (Å²) in [5.41, 5.74) is 0.868. The topological polar surface area (TPSA) is 21.3 Å². The fourth-order valence-electron chi connectivity index (χ4n) is 1.71. The largest absolute Gasteiger partial charge is 0.453 e. The van der Waals surface area contributed by atoms with Gasteiger partial charge in [0.25, 0.3) is 0 Å². The molecule has 20 heavy (non-hydrogen) atoms. The second-order valence-corrected chi connectivity index (χ2v) is 5.67. The number of benzene rings is 2. The molecule has 0 amide bonds. The van der Waals surface area contributed by atoms with Gasteiger partial charge in [0.1, 0.15) is 5.75 Å². The van der Waals surface area contributed by atoms with Crippen LogP contribution in [-0.2, 0) is 0 Å². The van der Waals surface area contributed by atoms with Gasteiger partial charge in [-0.15, -0.1) is 0 Å². The standard InChI is InChI=1S/C15H14BrClFNO/c1-9(19-2)10-3-5-15(13(18)7-10)20-14-6-4-11(17)8-12(14)16/h3-9,19H,1-2H3. The van der Waals surface area contributed by atoms with Crippen LogP contribution >= 0.6 is 27.5 Å². The van der Waals surface area contributed by atoms with Crippen LogP contribution in [0.5, 0.6) is 11.5 Å². The van der Waals surface area contributed by atoms with Crippen LogP contribution in [-0.4, -0.2) is 7.05 Å². The lowest BCUT2D eigenvalue weighted by Gasteiger charge is -2.13. The Morgan fingerprint density at radius 3 is 2.50 bits per heavy atom. The van der Waals surface area contributed by atoms with E-state index in [-0.39, 0.29) is 11.8 Å². The predicted molar refractivity (Wildman–Crippen MR) is 83.1 cm³/mol. The third-order valence-electron chi connectivity index (χ3n) is 3.00. The highest BCUT2D eigenvalue weighted by atomic mass is 79.9. The van der Waals surface area contributed by atoms with Crippen LogP contribution in [0.25, 0.3) is 0 Å². The highest BCUT2D eigenvalue weighted by Crippen LogP contribution is 2.33. The SMILES string of the molecule is CNC(C)c1ccc(Oc2ccc(Cl)cc2Br)c(F)c1. The van der Waals surface area contributed by atoms with E-state index in [1.54, 1.807) is 24.3 Å². The molecule has 1 N–H and O–H groups in total. The summed E-state index contributed by atoms with van der Waals surface area (Å²) in [5.74, 6) is 0.300. The highest BCUT2D eigenvalue weighted by Gasteiger charge is 2.11. The molecule has 0 saturated heterocycles. The molecule has 2 rings (SSSR count). The van der Waals surface area contributed by atoms with Crippen LogP contribution in [0.1, 0.15) is 18.5 Å². The minimum atomic E-state index is -0.397. The Kier molecular flexibility index (Phi) is 5.02. The maximum absolute atomic E-state index is 14.0. The zero-order valence-corrected chi connectivity index (χ0v) is 13.4. The van der Waals surface area contributed by atoms with Gasteiger partial charge in [0.2, 0.25) is 0 Å². The molecular weight excluding hydrogens is 345 g/mol. The van der Waals surface area contributed by atoms with E-state index in [0.717, 1.165) is 5.56 Å². The molecule has 0 radical (unpaired) electrons. The van der Waals surface area contributed by atoms with Crippen molar-refractivity contribution in [3.8, 4) is 11.5 Å². The number of hydrogen-bond acceptors (Lipinski definition) is 2. The van der Waals surface area contributed by atoms with E-state index < -0.39 is 5.82 Å². The van der Waals surface area contributed by atoms with E-state index in [9.17, 15) is 4.39 Å². The van der Waals surface area contributed by atoms with Gasteiger partial charge in [0, 0.05) is 11.1 Å². The summed E-state index contributed by atoms with van der Waals surface area (Å²) in [6.07, 6.45) is 0. The maximum atomic E-state index is 14.0. The molecule has 106 valence electrons. The van der Waals surface area contributed by atoms with Gasteiger partial charge < -0.3 is 10.1 Å². The molecule has 0 saturated carbocycles. The summed E-state index contributed by atoms with van der Waals surface area (Å²) in [5, 5.41) is 3.65. The van der Waals surface area contributed by atoms with Crippen LogP contribution in [0.4, 0.5) is 4.39 Å². The zero-order valence-electron chi connectivity index (χ0n) is 11.1. The lowest BCUT2D eigenvalue weighted by atomic mass is 10.1. The first-order valence-corrected chi connectivity index (χ1v) is 7.28. The zero-order chi connectivity index (χ0) is 14.7. The van der Waals surface area contributed by atoms with Gasteiger partial charge in [-0.2, -0.15) is 0 Å². The second-order valence-electron chi connectivity index (χ2n) is 4.38. The van der Waals surface area contributed by atoms with E-state index in [1.807, 2.05) is 20.0 Å². The summed E-state index contributed by atoms with van der Waals surface area (Å²) in [7, 11) is 1.83. The average molecular weight is 359 g/mol. The molecule has 2 nitrogen and oxygen atoms in total. The van der Waals surface area contributed by atoms with Crippen LogP contribution in [0.3, 0.4) is 0 Å². The van der Waals surface area contributed by atoms with Crippen molar-refractivity contribution in [3.05, 3.63) is 57.3 Å². The van der Waals surface area contributed by atoms with Crippen molar-refractivity contribution in [2.24, 2.45) is 0 Å². The van der Waals surface area contributed by atoms with Crippen molar-refractivity contribution >= 4 is 27.5 Å². The van der Waals surface area contributed by atoms with Crippen molar-refractivity contribution < 1.29 is 9.13 Å². The molecule has 5 heteroatoms. The fourth-order valence-corrected chi connectivity index (χ4v) is 2.48. The van der Waals surface area contributed by atoms with Gasteiger partial charge in [-0.1, -0.05) is 17.7 Å². The Morgan fingerprint density at radius 1 is 1.20 bits per heavy atom. The number of halogens is 3. The molecule has 1 unspecified atom stereocenters. The number of ether oxygens (including phenoxy) is 1. The molecule has 0 aliphatic carbocycles. The molecule has 2 aromatic carbocycles. The number of hydrogen-bond donors (Lipinski definition) is 1. The van der Waals surface area contributed by atoms with Crippen molar-refractivity contribution in [3.63, 3.8) is 0 Å². The molecule has 0 heterocycles. The first kappa shape index (κ1) is 15.3. The van der Waals surface area contributed by atoms with Crippen LogP contribution in [0.15, 0.2) is 40.9 Å². The van der Waals surface area contributed by atoms with Crippen LogP contribution in [0.2, 0.25) is 5.02 Å². The Balaban J connectivity index is 2.25. The molecule has 0 aliphatic rings. The lowest BCUT2D eigenvalue weighted by Crippen LogP contribution is -2.12. The monoisotopic (exact) mass is 357 g/mol. The average Bonchev–Trinajstić information content (AvgIpc) is 2.42. The molecular formula is C15H14BrClFNO. The van der Waals surface area contributed by atoms with Crippen molar-refractivity contribution in [2.75, 3.05) is 7.05 Å². The van der Waals surface area contributed by atoms with Crippen LogP contribution < -0.4 is 10.1 Å². The predicted octanol–water partition coefficient (Wildman–Crippen LogP) is 5.31. The second kappa shape index (κ2) is 6.57. The van der Waals surface area contributed by atoms with E-state index in [2.05, 4.69) is 21.2 Å². The molecule has 0 aliphatic heterocycles. The Labute approximate surface area is 131 Å². The van der Waals surface area contributed by atoms with E-state index in [0.29, 0.717) is 15.2 Å². The van der Waals surface area contributed by atoms with Crippen molar-refractivity contribution in [1.29, 1.82) is 0 Å². The number of rotatable bonds is 4. The van der Waals surface area contributed by atoms with Crippen LogP contribution in [0, 0.1) is 5.82 Å². The third-order valence-corrected chi connectivity index (χ3v) is 3.86. The first-order valence-electron chi connectivity index (χ1n) is 6.11. The van der Waals surface area contributed by atoms with Crippen molar-refractivity contribution in [1.82, 2.24) is 5.32 Å². The molecule has 0 fully saturated rings. The van der Waals surface area contributed by atoms with Gasteiger partial charge in [0.15, 0.2) is 11.6 Å². The summed E-state index contributed by atoms with van der Waals surface area (Å²) < 4.78 is 20.3. The van der Waals surface area contributed by atoms with E-state index >= 15 is 0 Å². The summed E-state index contributed by atoms with van der Waals surface area (Å²) in [4.78, 5) is 0. The summed E-state index contributed by atoms with van der Waals surface area (Å²) >= 11 is 9.19. The van der Waals surface area contributed by atoms with Crippen molar-refractivity contribution in [2.45, 2.75) is 13.0 Å². The normalized spacial score (nSPS) is 12.2. The van der Waals surface area contributed by atoms with Gasteiger partial charge in [0.05, 0.1) is 4.47 Å². The summed E-state index contributed by atoms with van der Waals surface area (Å²) in [6, 6.07) is 10.1. The van der Waals surface area contributed by atoms with E-state index in [1.165, 1.54) is 6.07 Å². The molecule has 2 aromatic rings. The van der Waals surface area contributed by atoms with Gasteiger partial charge in [-0.25, -0.2) is 4.39 Å². The lowest BCUT2D eigenvalue weighted by molar-refractivity contribution is 0.438. The minimum Gasteiger partial charge on any atom is -0.453 e. The molecule has 0 bridgehead atoms. The maximum Gasteiger partial charge on any atom is 0.166 e. The van der Waals surface area contributed by atoms with E-state index in [4.69, 9.17) is 16.3 Å².